The Kier molecular flexibility index (Phi) is 7.97. The van der Waals surface area contributed by atoms with Crippen molar-refractivity contribution in [3.05, 3.63) is 66.2 Å². The predicted octanol–water partition coefficient (Wildman–Crippen LogP) is 3.39. The van der Waals surface area contributed by atoms with Crippen molar-refractivity contribution in [1.29, 1.82) is 0 Å². The van der Waals surface area contributed by atoms with Gasteiger partial charge in [0.15, 0.2) is 0 Å². The van der Waals surface area contributed by atoms with Gasteiger partial charge in [-0.2, -0.15) is 0 Å². The molecule has 2 nitrogen and oxygen atoms in total. The van der Waals surface area contributed by atoms with Crippen LogP contribution in [0, 0.1) is 0 Å². The molecule has 1 atom stereocenters. The molecule has 22 heavy (non-hydrogen) atoms. The van der Waals surface area contributed by atoms with E-state index >= 15 is 0 Å². The van der Waals surface area contributed by atoms with Crippen molar-refractivity contribution in [1.82, 2.24) is 0 Å². The molecule has 0 aromatic heterocycles. The molecule has 2 aromatic carbocycles. The number of hydrogen-bond acceptors (Lipinski definition) is 2. The maximum atomic E-state index is 11.2. The van der Waals surface area contributed by atoms with Gasteiger partial charge < -0.3 is 0 Å². The Labute approximate surface area is 139 Å². The van der Waals surface area contributed by atoms with E-state index in [1.54, 1.807) is 0 Å². The van der Waals surface area contributed by atoms with Crippen LogP contribution in [0.25, 0.3) is 0 Å². The number of carbonyl (C=O) groups is 1. The third kappa shape index (κ3) is 6.57. The van der Waals surface area contributed by atoms with Crippen molar-refractivity contribution >= 4 is 25.7 Å². The number of carbonyl (C=O) groups excluding carboxylic acids is 1. The van der Waals surface area contributed by atoms with Crippen LogP contribution >= 0.6 is 0 Å². The summed E-state index contributed by atoms with van der Waals surface area (Å²) in [4.78, 5) is 11.4. The van der Waals surface area contributed by atoms with E-state index in [1.807, 2.05) is 36.4 Å². The number of ether oxygens (including phenoxy) is 1. The first kappa shape index (κ1) is 17.0. The minimum atomic E-state index is 0.184. The van der Waals surface area contributed by atoms with Gasteiger partial charge >= 0.3 is 139 Å². The Bertz CT molecular complexity index is 528. The first-order chi connectivity index (χ1) is 10.9. The Hall–Kier alpha value is -1.41. The molecule has 2 rings (SSSR count). The van der Waals surface area contributed by atoms with Gasteiger partial charge in [0, 0.05) is 0 Å². The number of unbranched alkanes of at least 4 members (excludes halogenated alkanes) is 1. The predicted molar refractivity (Wildman–Crippen MR) is 91.6 cm³/mol. The standard InChI is InChI=1S/C19H22O2Se/c20-15-19(22-18-11-5-2-6-12-18)13-7-8-14-21-16-17-9-3-1-4-10-17/h1-6,9-12,15,19H,7-8,13-14,16H2/t19-/m0/s1. The van der Waals surface area contributed by atoms with Crippen LogP contribution in [0.15, 0.2) is 60.7 Å². The molecule has 0 heterocycles. The number of aldehydes is 1. The molecule has 0 aliphatic rings. The molecule has 0 amide bonds. The molecule has 3 heteroatoms. The summed E-state index contributed by atoms with van der Waals surface area (Å²) >= 11 is 0.244. The van der Waals surface area contributed by atoms with Gasteiger partial charge in [0.25, 0.3) is 0 Å². The molecule has 0 aliphatic heterocycles. The first-order valence-electron chi connectivity index (χ1n) is 7.67. The zero-order valence-electron chi connectivity index (χ0n) is 12.7. The summed E-state index contributed by atoms with van der Waals surface area (Å²) in [6.45, 7) is 1.44. The molecule has 0 saturated carbocycles. The summed E-state index contributed by atoms with van der Waals surface area (Å²) in [6.07, 6.45) is 4.15. The first-order valence-corrected chi connectivity index (χ1v) is 9.51. The second kappa shape index (κ2) is 10.3. The quantitative estimate of drug-likeness (QED) is 0.368. The Morgan fingerprint density at radius 2 is 1.64 bits per heavy atom. The molecule has 2 aromatic rings. The van der Waals surface area contributed by atoms with Gasteiger partial charge in [-0.25, -0.2) is 0 Å². The molecule has 0 bridgehead atoms. The molecule has 0 spiro atoms. The van der Waals surface area contributed by atoms with Gasteiger partial charge in [-0.3, -0.25) is 0 Å². The van der Waals surface area contributed by atoms with Crippen LogP contribution in [0.2, 0.25) is 4.82 Å². The zero-order valence-corrected chi connectivity index (χ0v) is 14.4. The van der Waals surface area contributed by atoms with E-state index in [9.17, 15) is 4.79 Å². The van der Waals surface area contributed by atoms with Crippen molar-refractivity contribution < 1.29 is 9.53 Å². The molecular weight excluding hydrogens is 339 g/mol. The number of benzene rings is 2. The average molecular weight is 361 g/mol. The molecule has 0 unspecified atom stereocenters. The normalized spacial score (nSPS) is 12.0. The van der Waals surface area contributed by atoms with E-state index in [0.717, 1.165) is 32.2 Å². The summed E-state index contributed by atoms with van der Waals surface area (Å²) in [5.41, 5.74) is 1.21. The molecular formula is C19H22O2Se. The van der Waals surface area contributed by atoms with Crippen molar-refractivity contribution in [3.63, 3.8) is 0 Å². The van der Waals surface area contributed by atoms with Crippen molar-refractivity contribution in [2.75, 3.05) is 6.61 Å². The summed E-state index contributed by atoms with van der Waals surface area (Å²) in [7, 11) is 0. The van der Waals surface area contributed by atoms with Crippen LogP contribution in [0.5, 0.6) is 0 Å². The SMILES string of the molecule is O=C[C@H](CCCCOCc1ccccc1)[Se]c1ccccc1. The molecule has 0 N–H and O–H groups in total. The fraction of sp³-hybridized carbons (Fsp3) is 0.316. The molecule has 0 fully saturated rings. The van der Waals surface area contributed by atoms with Crippen LogP contribution in [0.4, 0.5) is 0 Å². The van der Waals surface area contributed by atoms with Gasteiger partial charge in [-0.05, 0) is 0 Å². The fourth-order valence-corrected chi connectivity index (χ4v) is 4.25. The van der Waals surface area contributed by atoms with Gasteiger partial charge in [-0.15, -0.1) is 0 Å². The monoisotopic (exact) mass is 362 g/mol. The average Bonchev–Trinajstić information content (AvgIpc) is 2.58. The molecule has 0 saturated heterocycles. The van der Waals surface area contributed by atoms with E-state index in [2.05, 4.69) is 24.3 Å². The number of hydrogen-bond donors (Lipinski definition) is 0. The summed E-state index contributed by atoms with van der Waals surface area (Å²) < 4.78 is 6.97. The van der Waals surface area contributed by atoms with Gasteiger partial charge in [0.05, 0.1) is 0 Å². The van der Waals surface area contributed by atoms with Crippen LogP contribution < -0.4 is 4.46 Å². The van der Waals surface area contributed by atoms with Gasteiger partial charge in [0.2, 0.25) is 0 Å². The second-order valence-electron chi connectivity index (χ2n) is 5.14. The third-order valence-electron chi connectivity index (χ3n) is 3.32. The van der Waals surface area contributed by atoms with Gasteiger partial charge in [0.1, 0.15) is 0 Å². The van der Waals surface area contributed by atoms with Crippen molar-refractivity contribution in [2.24, 2.45) is 0 Å². The van der Waals surface area contributed by atoms with Crippen LogP contribution in [0.3, 0.4) is 0 Å². The zero-order chi connectivity index (χ0) is 15.5. The third-order valence-corrected chi connectivity index (χ3v) is 5.83. The Morgan fingerprint density at radius 1 is 0.955 bits per heavy atom. The van der Waals surface area contributed by atoms with E-state index in [4.69, 9.17) is 4.74 Å². The summed E-state index contributed by atoms with van der Waals surface area (Å²) in [5, 5.41) is 0. The van der Waals surface area contributed by atoms with E-state index in [0.29, 0.717) is 6.61 Å². The molecule has 0 aliphatic carbocycles. The van der Waals surface area contributed by atoms with Crippen LogP contribution in [-0.4, -0.2) is 27.8 Å². The topological polar surface area (TPSA) is 26.3 Å². The number of rotatable bonds is 10. The van der Waals surface area contributed by atoms with Crippen LogP contribution in [0.1, 0.15) is 24.8 Å². The minimum absolute atomic E-state index is 0.184. The van der Waals surface area contributed by atoms with Crippen LogP contribution in [-0.2, 0) is 16.1 Å². The van der Waals surface area contributed by atoms with Crippen molar-refractivity contribution in [2.45, 2.75) is 30.7 Å². The van der Waals surface area contributed by atoms with E-state index in [-0.39, 0.29) is 19.8 Å². The van der Waals surface area contributed by atoms with E-state index in [1.165, 1.54) is 10.0 Å². The Morgan fingerprint density at radius 3 is 2.32 bits per heavy atom. The van der Waals surface area contributed by atoms with E-state index < -0.39 is 0 Å². The maximum absolute atomic E-state index is 11.2. The Balaban J connectivity index is 1.58. The fourth-order valence-electron chi connectivity index (χ4n) is 2.14. The molecule has 0 radical (unpaired) electrons. The molecule has 116 valence electrons. The second-order valence-corrected chi connectivity index (χ2v) is 7.89. The van der Waals surface area contributed by atoms with Gasteiger partial charge in [-0.1, -0.05) is 0 Å². The summed E-state index contributed by atoms with van der Waals surface area (Å²) in [5.74, 6) is 0. The summed E-state index contributed by atoms with van der Waals surface area (Å²) in [6, 6.07) is 20.5. The van der Waals surface area contributed by atoms with Crippen molar-refractivity contribution in [3.8, 4) is 0 Å².